The van der Waals surface area contributed by atoms with Crippen molar-refractivity contribution in [2.45, 2.75) is 43.5 Å². The molecule has 1 aliphatic rings. The van der Waals surface area contributed by atoms with Crippen molar-refractivity contribution in [2.24, 2.45) is 5.92 Å². The molecule has 1 fully saturated rings. The summed E-state index contributed by atoms with van der Waals surface area (Å²) in [5.41, 5.74) is 0.164. The molecule has 0 aliphatic heterocycles. The Morgan fingerprint density at radius 2 is 2.10 bits per heavy atom. The average molecular weight is 294 g/mol. The number of thioether (sulfide) groups is 1. The Bertz CT molecular complexity index is 436. The predicted molar refractivity (Wildman–Crippen MR) is 83.2 cm³/mol. The molecule has 20 heavy (non-hydrogen) atoms. The maximum Gasteiger partial charge on any atom is 0.269 e. The van der Waals surface area contributed by atoms with Gasteiger partial charge in [0.05, 0.1) is 4.92 Å². The van der Waals surface area contributed by atoms with E-state index in [0.717, 1.165) is 23.1 Å². The van der Waals surface area contributed by atoms with E-state index in [-0.39, 0.29) is 10.6 Å². The summed E-state index contributed by atoms with van der Waals surface area (Å²) in [5, 5.41) is 14.2. The minimum atomic E-state index is -0.353. The van der Waals surface area contributed by atoms with E-state index in [4.69, 9.17) is 0 Å². The summed E-state index contributed by atoms with van der Waals surface area (Å²) in [5.74, 6) is 1.88. The van der Waals surface area contributed by atoms with Crippen LogP contribution in [0.4, 0.5) is 5.69 Å². The molecule has 0 aromatic heterocycles. The minimum Gasteiger partial charge on any atom is -0.314 e. The molecule has 0 bridgehead atoms. The van der Waals surface area contributed by atoms with Crippen LogP contribution in [0.25, 0.3) is 0 Å². The molecule has 0 radical (unpaired) electrons. The third kappa shape index (κ3) is 4.21. The Labute approximate surface area is 124 Å². The first-order valence-corrected chi connectivity index (χ1v) is 8.30. The van der Waals surface area contributed by atoms with Crippen molar-refractivity contribution in [3.05, 3.63) is 34.4 Å². The van der Waals surface area contributed by atoms with Crippen molar-refractivity contribution in [3.63, 3.8) is 0 Å². The Morgan fingerprint density at radius 3 is 2.75 bits per heavy atom. The SMILES string of the molecule is CCNC1CCCC1CCSc1ccc([N+](=O)[O-])cc1. The Hall–Kier alpha value is -1.07. The molecule has 0 amide bonds. The Morgan fingerprint density at radius 1 is 1.35 bits per heavy atom. The quantitative estimate of drug-likeness (QED) is 0.471. The summed E-state index contributed by atoms with van der Waals surface area (Å²) in [6.07, 6.45) is 5.20. The smallest absolute Gasteiger partial charge is 0.269 e. The molecule has 1 N–H and O–H groups in total. The number of nitro benzene ring substituents is 1. The number of rotatable bonds is 7. The second-order valence-corrected chi connectivity index (χ2v) is 6.41. The van der Waals surface area contributed by atoms with Gasteiger partial charge in [-0.25, -0.2) is 0 Å². The molecule has 1 aliphatic carbocycles. The highest BCUT2D eigenvalue weighted by Crippen LogP contribution is 2.31. The monoisotopic (exact) mass is 294 g/mol. The van der Waals surface area contributed by atoms with Crippen LogP contribution in [0.15, 0.2) is 29.2 Å². The van der Waals surface area contributed by atoms with Crippen LogP contribution in [0, 0.1) is 16.0 Å². The Balaban J connectivity index is 1.76. The fourth-order valence-corrected chi connectivity index (χ4v) is 3.89. The fourth-order valence-electron chi connectivity index (χ4n) is 2.91. The van der Waals surface area contributed by atoms with Gasteiger partial charge in [0.2, 0.25) is 0 Å². The molecule has 4 nitrogen and oxygen atoms in total. The van der Waals surface area contributed by atoms with Crippen LogP contribution in [0.5, 0.6) is 0 Å². The van der Waals surface area contributed by atoms with Crippen LogP contribution >= 0.6 is 11.8 Å². The summed E-state index contributed by atoms with van der Waals surface area (Å²) in [6.45, 7) is 3.22. The van der Waals surface area contributed by atoms with Crippen molar-refractivity contribution < 1.29 is 4.92 Å². The number of benzene rings is 1. The van der Waals surface area contributed by atoms with Gasteiger partial charge in [0.15, 0.2) is 0 Å². The summed E-state index contributed by atoms with van der Waals surface area (Å²) >= 11 is 1.80. The van der Waals surface area contributed by atoms with Crippen molar-refractivity contribution in [3.8, 4) is 0 Å². The summed E-state index contributed by atoms with van der Waals surface area (Å²) in [6, 6.07) is 7.55. The van der Waals surface area contributed by atoms with E-state index in [1.807, 2.05) is 12.1 Å². The molecule has 2 atom stereocenters. The molecule has 0 heterocycles. The van der Waals surface area contributed by atoms with Gasteiger partial charge in [0.25, 0.3) is 5.69 Å². The molecule has 2 rings (SSSR count). The minimum absolute atomic E-state index is 0.164. The van der Waals surface area contributed by atoms with Gasteiger partial charge in [0.1, 0.15) is 0 Å². The van der Waals surface area contributed by atoms with Gasteiger partial charge in [-0.2, -0.15) is 0 Å². The zero-order valence-electron chi connectivity index (χ0n) is 11.9. The molecule has 110 valence electrons. The van der Waals surface area contributed by atoms with E-state index in [2.05, 4.69) is 12.2 Å². The van der Waals surface area contributed by atoms with Gasteiger partial charge in [-0.05, 0) is 49.6 Å². The highest BCUT2D eigenvalue weighted by Gasteiger charge is 2.25. The summed E-state index contributed by atoms with van der Waals surface area (Å²) in [7, 11) is 0. The van der Waals surface area contributed by atoms with Crippen LogP contribution in [-0.4, -0.2) is 23.3 Å². The topological polar surface area (TPSA) is 55.2 Å². The van der Waals surface area contributed by atoms with Crippen LogP contribution in [-0.2, 0) is 0 Å². The summed E-state index contributed by atoms with van der Waals surface area (Å²) in [4.78, 5) is 11.4. The number of non-ortho nitro benzene ring substituents is 1. The molecule has 1 saturated carbocycles. The fraction of sp³-hybridized carbons (Fsp3) is 0.600. The van der Waals surface area contributed by atoms with Gasteiger partial charge in [-0.15, -0.1) is 11.8 Å². The lowest BCUT2D eigenvalue weighted by molar-refractivity contribution is -0.384. The van der Waals surface area contributed by atoms with Crippen molar-refractivity contribution in [1.82, 2.24) is 5.32 Å². The number of nitro groups is 1. The van der Waals surface area contributed by atoms with Gasteiger partial charge < -0.3 is 5.32 Å². The number of hydrogen-bond acceptors (Lipinski definition) is 4. The zero-order valence-corrected chi connectivity index (χ0v) is 12.7. The molecule has 1 aromatic rings. The van der Waals surface area contributed by atoms with E-state index in [1.165, 1.54) is 25.7 Å². The number of nitrogens with zero attached hydrogens (tertiary/aromatic N) is 1. The lowest BCUT2D eigenvalue weighted by Gasteiger charge is -2.20. The van der Waals surface area contributed by atoms with Gasteiger partial charge >= 0.3 is 0 Å². The highest BCUT2D eigenvalue weighted by molar-refractivity contribution is 7.99. The molecule has 1 aromatic carbocycles. The lowest BCUT2D eigenvalue weighted by atomic mass is 10.0. The van der Waals surface area contributed by atoms with E-state index in [9.17, 15) is 10.1 Å². The lowest BCUT2D eigenvalue weighted by Crippen LogP contribution is -2.32. The van der Waals surface area contributed by atoms with Crippen molar-refractivity contribution in [2.75, 3.05) is 12.3 Å². The van der Waals surface area contributed by atoms with Gasteiger partial charge in [-0.1, -0.05) is 13.3 Å². The first-order valence-electron chi connectivity index (χ1n) is 7.31. The second kappa shape index (κ2) is 7.64. The maximum atomic E-state index is 10.6. The first kappa shape index (κ1) is 15.3. The highest BCUT2D eigenvalue weighted by atomic mass is 32.2. The number of hydrogen-bond donors (Lipinski definition) is 1. The third-order valence-corrected chi connectivity index (χ3v) is 4.98. The van der Waals surface area contributed by atoms with Crippen LogP contribution in [0.3, 0.4) is 0 Å². The van der Waals surface area contributed by atoms with Gasteiger partial charge in [0, 0.05) is 23.1 Å². The van der Waals surface area contributed by atoms with E-state index in [0.29, 0.717) is 6.04 Å². The second-order valence-electron chi connectivity index (χ2n) is 5.24. The standard InChI is InChI=1S/C15H22N2O2S/c1-2-16-15-5-3-4-12(15)10-11-20-14-8-6-13(7-9-14)17(18)19/h6-9,12,15-16H,2-5,10-11H2,1H3. The summed E-state index contributed by atoms with van der Waals surface area (Å²) < 4.78 is 0. The van der Waals surface area contributed by atoms with E-state index >= 15 is 0 Å². The van der Waals surface area contributed by atoms with Crippen LogP contribution in [0.2, 0.25) is 0 Å². The predicted octanol–water partition coefficient (Wildman–Crippen LogP) is 3.86. The largest absolute Gasteiger partial charge is 0.314 e. The van der Waals surface area contributed by atoms with Crippen molar-refractivity contribution >= 4 is 17.4 Å². The first-order chi connectivity index (χ1) is 9.70. The third-order valence-electron chi connectivity index (χ3n) is 3.93. The van der Waals surface area contributed by atoms with Gasteiger partial charge in [-0.3, -0.25) is 10.1 Å². The molecular formula is C15H22N2O2S. The normalized spacial score (nSPS) is 22.1. The molecule has 5 heteroatoms. The average Bonchev–Trinajstić information content (AvgIpc) is 2.87. The van der Waals surface area contributed by atoms with Crippen LogP contribution < -0.4 is 5.32 Å². The van der Waals surface area contributed by atoms with E-state index in [1.54, 1.807) is 23.9 Å². The maximum absolute atomic E-state index is 10.6. The molecular weight excluding hydrogens is 272 g/mol. The van der Waals surface area contributed by atoms with Crippen molar-refractivity contribution in [1.29, 1.82) is 0 Å². The molecule has 0 saturated heterocycles. The van der Waals surface area contributed by atoms with E-state index < -0.39 is 0 Å². The number of nitrogens with one attached hydrogen (secondary N) is 1. The molecule has 2 unspecified atom stereocenters. The van der Waals surface area contributed by atoms with Crippen LogP contribution in [0.1, 0.15) is 32.6 Å². The zero-order chi connectivity index (χ0) is 14.4. The molecule has 0 spiro atoms. The Kier molecular flexibility index (Phi) is 5.86.